The Morgan fingerprint density at radius 2 is 1.86 bits per heavy atom. The Bertz CT molecular complexity index is 1650. The zero-order valence-electron chi connectivity index (χ0n) is 24.4. The number of hydrogen-bond acceptors (Lipinski definition) is 8. The molecule has 0 aliphatic carbocycles. The predicted octanol–water partition coefficient (Wildman–Crippen LogP) is 5.73. The number of piperidine rings is 1. The second-order valence-electron chi connectivity index (χ2n) is 11.8. The van der Waals surface area contributed by atoms with E-state index in [1.807, 2.05) is 36.4 Å². The maximum atomic E-state index is 12.2. The largest absolute Gasteiger partial charge is 0.485 e. The molecule has 4 aromatic rings. The molecule has 0 amide bonds. The molecule has 0 saturated carbocycles. The van der Waals surface area contributed by atoms with E-state index in [4.69, 9.17) is 35.5 Å². The van der Waals surface area contributed by atoms with Crippen LogP contribution in [0, 0.1) is 0 Å². The van der Waals surface area contributed by atoms with Crippen molar-refractivity contribution < 1.29 is 23.7 Å². The number of benzene rings is 2. The van der Waals surface area contributed by atoms with E-state index in [0.717, 1.165) is 67.4 Å². The number of carbonyl (C=O) groups excluding carboxylic acids is 1. The lowest BCUT2D eigenvalue weighted by molar-refractivity contribution is -0.0593. The van der Waals surface area contributed by atoms with Gasteiger partial charge < -0.3 is 23.5 Å². The third-order valence-corrected chi connectivity index (χ3v) is 9.18. The van der Waals surface area contributed by atoms with Crippen molar-refractivity contribution in [1.82, 2.24) is 19.4 Å². The number of fused-ring (bicyclic) bond motifs is 2. The van der Waals surface area contributed by atoms with Gasteiger partial charge in [0.25, 0.3) is 0 Å². The summed E-state index contributed by atoms with van der Waals surface area (Å²) in [7, 11) is 1.37. The summed E-state index contributed by atoms with van der Waals surface area (Å²) in [6, 6.07) is 17.5. The summed E-state index contributed by atoms with van der Waals surface area (Å²) in [5.41, 5.74) is 3.42. The van der Waals surface area contributed by atoms with Crippen molar-refractivity contribution in [3.8, 4) is 11.5 Å². The van der Waals surface area contributed by atoms with Gasteiger partial charge >= 0.3 is 5.97 Å². The molecule has 2 fully saturated rings. The Hall–Kier alpha value is -3.66. The summed E-state index contributed by atoms with van der Waals surface area (Å²) in [6.07, 6.45) is 3.15. The van der Waals surface area contributed by atoms with Crippen LogP contribution in [0.2, 0.25) is 5.02 Å². The van der Waals surface area contributed by atoms with Crippen LogP contribution in [0.1, 0.15) is 59.5 Å². The summed E-state index contributed by atoms with van der Waals surface area (Å²) >= 11 is 6.11. The number of ether oxygens (including phenoxy) is 4. The molecule has 2 aromatic heterocycles. The Morgan fingerprint density at radius 3 is 2.58 bits per heavy atom. The van der Waals surface area contributed by atoms with Gasteiger partial charge in [-0.25, -0.2) is 14.8 Å². The molecule has 2 atom stereocenters. The van der Waals surface area contributed by atoms with E-state index in [0.29, 0.717) is 36.3 Å². The topological polar surface area (TPSA) is 87.9 Å². The average Bonchev–Trinajstić information content (AvgIpc) is 3.34. The van der Waals surface area contributed by atoms with Crippen molar-refractivity contribution in [3.63, 3.8) is 0 Å². The van der Waals surface area contributed by atoms with E-state index in [9.17, 15) is 4.79 Å². The quantitative estimate of drug-likeness (QED) is 0.248. The molecule has 10 heteroatoms. The average molecular weight is 603 g/mol. The minimum Gasteiger partial charge on any atom is -0.485 e. The molecule has 0 N–H and O–H groups in total. The number of para-hydroxylation sites is 1. The Labute approximate surface area is 255 Å². The second kappa shape index (κ2) is 11.4. The lowest BCUT2D eigenvalue weighted by Crippen LogP contribution is -2.40. The minimum absolute atomic E-state index is 0.137. The zero-order chi connectivity index (χ0) is 29.6. The van der Waals surface area contributed by atoms with Crippen LogP contribution in [0.25, 0.3) is 11.2 Å². The summed E-state index contributed by atoms with van der Waals surface area (Å²) in [6.45, 7) is 6.50. The van der Waals surface area contributed by atoms with Gasteiger partial charge in [0.2, 0.25) is 0 Å². The highest BCUT2D eigenvalue weighted by Gasteiger charge is 2.37. The van der Waals surface area contributed by atoms with Gasteiger partial charge in [0.05, 0.1) is 26.3 Å². The number of aromatic nitrogens is 3. The molecule has 43 heavy (non-hydrogen) atoms. The molecular weight excluding hydrogens is 568 g/mol. The van der Waals surface area contributed by atoms with Crippen LogP contribution in [0.4, 0.5) is 0 Å². The molecule has 3 aliphatic rings. The first kappa shape index (κ1) is 28.1. The number of pyridine rings is 1. The van der Waals surface area contributed by atoms with Crippen LogP contribution in [0.15, 0.2) is 54.6 Å². The molecule has 0 spiro atoms. The van der Waals surface area contributed by atoms with E-state index in [1.165, 1.54) is 12.7 Å². The molecular formula is C33H35ClN4O5. The van der Waals surface area contributed by atoms with Crippen LogP contribution < -0.4 is 9.47 Å². The van der Waals surface area contributed by atoms with Crippen LogP contribution in [0.5, 0.6) is 11.5 Å². The first-order valence-electron chi connectivity index (χ1n) is 14.9. The zero-order valence-corrected chi connectivity index (χ0v) is 25.2. The first-order valence-corrected chi connectivity index (χ1v) is 15.3. The fraction of sp³-hybridized carbons (Fsp3) is 0.424. The molecule has 224 valence electrons. The number of carbonyl (C=O) groups is 1. The fourth-order valence-electron chi connectivity index (χ4n) is 6.33. The summed E-state index contributed by atoms with van der Waals surface area (Å²) < 4.78 is 25.7. The number of halogens is 1. The lowest BCUT2D eigenvalue weighted by Gasteiger charge is -2.38. The third-order valence-electron chi connectivity index (χ3n) is 8.93. The van der Waals surface area contributed by atoms with Crippen molar-refractivity contribution in [2.24, 2.45) is 0 Å². The highest BCUT2D eigenvalue weighted by molar-refractivity contribution is 6.30. The Morgan fingerprint density at radius 1 is 1.07 bits per heavy atom. The number of likely N-dealkylation sites (tertiary alicyclic amines) is 1. The number of methoxy groups -OCH3 is 1. The van der Waals surface area contributed by atoms with Crippen molar-refractivity contribution in [1.29, 1.82) is 0 Å². The number of imidazole rings is 1. The summed E-state index contributed by atoms with van der Waals surface area (Å²) in [4.78, 5) is 24.2. The van der Waals surface area contributed by atoms with Gasteiger partial charge in [0, 0.05) is 17.2 Å². The molecule has 0 radical (unpaired) electrons. The minimum atomic E-state index is -0.581. The van der Waals surface area contributed by atoms with Crippen molar-refractivity contribution in [3.05, 3.63) is 82.3 Å². The summed E-state index contributed by atoms with van der Waals surface area (Å²) in [5, 5.41) is 0.701. The van der Waals surface area contributed by atoms with Gasteiger partial charge in [-0.3, -0.25) is 4.90 Å². The number of hydrogen-bond donors (Lipinski definition) is 0. The molecule has 0 bridgehead atoms. The monoisotopic (exact) mass is 602 g/mol. The van der Waals surface area contributed by atoms with Crippen molar-refractivity contribution >= 4 is 28.7 Å². The van der Waals surface area contributed by atoms with Gasteiger partial charge in [-0.05, 0) is 81.1 Å². The van der Waals surface area contributed by atoms with Gasteiger partial charge in [-0.15, -0.1) is 0 Å². The standard InChI is InChI=1S/C33H35ClN4O5/c1-33(22-6-8-23(34)9-7-22)20-42-30-25(4-3-5-28(30)43-33)21-12-15-37(16-13-21)19-29-35-26-10-11-27(32(39)40-2)36-31(26)38(29)18-24-14-17-41-24/h3-11,21,24H,12-20H2,1-2H3/t24-,33?/m0/s1. The highest BCUT2D eigenvalue weighted by Crippen LogP contribution is 2.46. The van der Waals surface area contributed by atoms with Crippen LogP contribution in [-0.4, -0.2) is 64.9 Å². The smallest absolute Gasteiger partial charge is 0.356 e. The first-order chi connectivity index (χ1) is 20.9. The maximum absolute atomic E-state index is 12.2. The Balaban J connectivity index is 1.06. The van der Waals surface area contributed by atoms with E-state index >= 15 is 0 Å². The second-order valence-corrected chi connectivity index (χ2v) is 12.2. The van der Waals surface area contributed by atoms with Crippen molar-refractivity contribution in [2.45, 2.75) is 56.9 Å². The Kier molecular flexibility index (Phi) is 7.49. The number of esters is 1. The number of rotatable bonds is 7. The van der Waals surface area contributed by atoms with E-state index in [-0.39, 0.29) is 11.8 Å². The molecule has 5 heterocycles. The van der Waals surface area contributed by atoms with Crippen LogP contribution in [-0.2, 0) is 28.2 Å². The highest BCUT2D eigenvalue weighted by atomic mass is 35.5. The molecule has 9 nitrogen and oxygen atoms in total. The molecule has 3 aliphatic heterocycles. The molecule has 7 rings (SSSR count). The van der Waals surface area contributed by atoms with Gasteiger partial charge in [0.15, 0.2) is 28.4 Å². The molecule has 2 aromatic carbocycles. The van der Waals surface area contributed by atoms with E-state index < -0.39 is 11.6 Å². The molecule has 1 unspecified atom stereocenters. The van der Waals surface area contributed by atoms with E-state index in [1.54, 1.807) is 6.07 Å². The van der Waals surface area contributed by atoms with Gasteiger partial charge in [0.1, 0.15) is 17.9 Å². The maximum Gasteiger partial charge on any atom is 0.356 e. The fourth-order valence-corrected chi connectivity index (χ4v) is 6.46. The third kappa shape index (κ3) is 5.46. The summed E-state index contributed by atoms with van der Waals surface area (Å²) in [5.74, 6) is 2.51. The van der Waals surface area contributed by atoms with E-state index in [2.05, 4.69) is 33.5 Å². The van der Waals surface area contributed by atoms with Gasteiger partial charge in [-0.1, -0.05) is 35.9 Å². The molecule has 2 saturated heterocycles. The van der Waals surface area contributed by atoms with Gasteiger partial charge in [-0.2, -0.15) is 0 Å². The van der Waals surface area contributed by atoms with Crippen LogP contribution in [0.3, 0.4) is 0 Å². The lowest BCUT2D eigenvalue weighted by atomic mass is 9.88. The normalized spacial score (nSPS) is 22.3. The SMILES string of the molecule is COC(=O)c1ccc2nc(CN3CCC(c4cccc5c4OCC(C)(c4ccc(Cl)cc4)O5)CC3)n(C[C@@H]3CCO3)c2n1. The van der Waals surface area contributed by atoms with Crippen LogP contribution >= 0.6 is 11.6 Å². The van der Waals surface area contributed by atoms with Crippen molar-refractivity contribution in [2.75, 3.05) is 33.4 Å². The predicted molar refractivity (Wildman–Crippen MR) is 162 cm³/mol. The number of nitrogens with zero attached hydrogens (tertiary/aromatic N) is 4.